The molecule has 0 aliphatic carbocycles. The van der Waals surface area contributed by atoms with E-state index < -0.39 is 0 Å². The molecular weight excluding hydrogens is 282 g/mol. The molecule has 0 aliphatic rings. The summed E-state index contributed by atoms with van der Waals surface area (Å²) in [6, 6.07) is 30.5. The second kappa shape index (κ2) is 7.41. The number of benzene rings is 3. The van der Waals surface area contributed by atoms with Gasteiger partial charge in [-0.2, -0.15) is 0 Å². The van der Waals surface area contributed by atoms with Crippen molar-refractivity contribution in [2.75, 3.05) is 7.11 Å². The quantitative estimate of drug-likeness (QED) is 0.480. The van der Waals surface area contributed by atoms with Crippen LogP contribution in [0.2, 0.25) is 0 Å². The van der Waals surface area contributed by atoms with Crippen LogP contribution in [0.15, 0.2) is 96.0 Å². The summed E-state index contributed by atoms with van der Waals surface area (Å²) in [6.07, 6.45) is 0. The first kappa shape index (κ1) is 15.0. The Labute approximate surface area is 137 Å². The summed E-state index contributed by atoms with van der Waals surface area (Å²) in [7, 11) is 1.68. The number of hydrogen-bond donors (Lipinski definition) is 0. The van der Waals surface area contributed by atoms with E-state index >= 15 is 0 Å². The molecule has 114 valence electrons. The average molecular weight is 301 g/mol. The second-order valence-electron chi connectivity index (χ2n) is 5.24. The lowest BCUT2D eigenvalue weighted by Gasteiger charge is -2.19. The smallest absolute Gasteiger partial charge is 0.200 e. The number of ether oxygens (including phenoxy) is 1. The third-order valence-electron chi connectivity index (χ3n) is 3.72. The molecule has 0 N–H and O–H groups in total. The van der Waals surface area contributed by atoms with Crippen LogP contribution in [-0.2, 0) is 4.74 Å². The Hall–Kier alpha value is -2.87. The SMILES string of the molecule is COC(=Nc1ccccc1)C(c1ccccc1)c1ccccc1. The van der Waals surface area contributed by atoms with Crippen molar-refractivity contribution < 1.29 is 4.74 Å². The fourth-order valence-electron chi connectivity index (χ4n) is 2.63. The van der Waals surface area contributed by atoms with Crippen LogP contribution >= 0.6 is 0 Å². The summed E-state index contributed by atoms with van der Waals surface area (Å²) in [5.41, 5.74) is 3.21. The highest BCUT2D eigenvalue weighted by Gasteiger charge is 2.21. The van der Waals surface area contributed by atoms with E-state index in [1.54, 1.807) is 7.11 Å². The minimum Gasteiger partial charge on any atom is -0.483 e. The maximum Gasteiger partial charge on any atom is 0.200 e. The standard InChI is InChI=1S/C21H19NO/c1-23-21(22-19-15-9-4-10-16-19)20(17-11-5-2-6-12-17)18-13-7-3-8-14-18/h2-16,20H,1H3. The zero-order valence-electron chi connectivity index (χ0n) is 13.1. The van der Waals surface area contributed by atoms with E-state index in [0.29, 0.717) is 5.90 Å². The highest BCUT2D eigenvalue weighted by Crippen LogP contribution is 2.28. The van der Waals surface area contributed by atoms with Gasteiger partial charge in [0, 0.05) is 0 Å². The number of aliphatic imine (C=N–C) groups is 1. The number of para-hydroxylation sites is 1. The topological polar surface area (TPSA) is 21.6 Å². The summed E-state index contributed by atoms with van der Waals surface area (Å²) in [6.45, 7) is 0. The summed E-state index contributed by atoms with van der Waals surface area (Å²) in [5, 5.41) is 0. The second-order valence-corrected chi connectivity index (χ2v) is 5.24. The fraction of sp³-hybridized carbons (Fsp3) is 0.0952. The van der Waals surface area contributed by atoms with Crippen molar-refractivity contribution in [1.29, 1.82) is 0 Å². The molecule has 0 unspecified atom stereocenters. The van der Waals surface area contributed by atoms with Gasteiger partial charge in [0.15, 0.2) is 5.90 Å². The summed E-state index contributed by atoms with van der Waals surface area (Å²) in [5.74, 6) is 0.663. The molecular formula is C21H19NO. The molecule has 0 spiro atoms. The van der Waals surface area contributed by atoms with Gasteiger partial charge < -0.3 is 4.74 Å². The van der Waals surface area contributed by atoms with Crippen molar-refractivity contribution >= 4 is 11.6 Å². The van der Waals surface area contributed by atoms with Crippen LogP contribution in [0.5, 0.6) is 0 Å². The first-order valence-corrected chi connectivity index (χ1v) is 7.66. The van der Waals surface area contributed by atoms with Gasteiger partial charge in [0.25, 0.3) is 0 Å². The molecule has 2 heteroatoms. The van der Waals surface area contributed by atoms with Gasteiger partial charge in [-0.15, -0.1) is 0 Å². The maximum absolute atomic E-state index is 5.68. The van der Waals surface area contributed by atoms with E-state index in [1.807, 2.05) is 66.7 Å². The molecule has 0 amide bonds. The Morgan fingerprint density at radius 3 is 1.57 bits per heavy atom. The van der Waals surface area contributed by atoms with E-state index in [0.717, 1.165) is 16.8 Å². The monoisotopic (exact) mass is 301 g/mol. The van der Waals surface area contributed by atoms with Crippen molar-refractivity contribution in [3.8, 4) is 0 Å². The van der Waals surface area contributed by atoms with Crippen LogP contribution in [0, 0.1) is 0 Å². The molecule has 0 aliphatic heterocycles. The van der Waals surface area contributed by atoms with Crippen molar-refractivity contribution in [3.63, 3.8) is 0 Å². The molecule has 0 fully saturated rings. The summed E-state index contributed by atoms with van der Waals surface area (Å²) < 4.78 is 5.68. The molecule has 0 bridgehead atoms. The third kappa shape index (κ3) is 3.67. The predicted molar refractivity (Wildman–Crippen MR) is 95.3 cm³/mol. The highest BCUT2D eigenvalue weighted by atomic mass is 16.5. The van der Waals surface area contributed by atoms with Crippen LogP contribution in [0.3, 0.4) is 0 Å². The minimum atomic E-state index is -0.0254. The Bertz CT molecular complexity index is 712. The number of nitrogens with zero attached hydrogens (tertiary/aromatic N) is 1. The Morgan fingerprint density at radius 1 is 0.696 bits per heavy atom. The van der Waals surface area contributed by atoms with Gasteiger partial charge in [-0.1, -0.05) is 78.9 Å². The van der Waals surface area contributed by atoms with Crippen LogP contribution in [-0.4, -0.2) is 13.0 Å². The molecule has 0 radical (unpaired) electrons. The van der Waals surface area contributed by atoms with Crippen LogP contribution in [0.4, 0.5) is 5.69 Å². The van der Waals surface area contributed by atoms with Gasteiger partial charge in [0.2, 0.25) is 0 Å². The number of rotatable bonds is 4. The Kier molecular flexibility index (Phi) is 4.85. The van der Waals surface area contributed by atoms with E-state index in [-0.39, 0.29) is 5.92 Å². The van der Waals surface area contributed by atoms with Crippen molar-refractivity contribution in [2.45, 2.75) is 5.92 Å². The number of hydrogen-bond acceptors (Lipinski definition) is 2. The van der Waals surface area contributed by atoms with Crippen LogP contribution in [0.1, 0.15) is 17.0 Å². The lowest BCUT2D eigenvalue weighted by Crippen LogP contribution is -2.16. The van der Waals surface area contributed by atoms with Gasteiger partial charge in [0.05, 0.1) is 18.7 Å². The molecule has 3 rings (SSSR count). The Balaban J connectivity index is 2.09. The van der Waals surface area contributed by atoms with E-state index in [4.69, 9.17) is 9.73 Å². The van der Waals surface area contributed by atoms with Crippen molar-refractivity contribution in [2.24, 2.45) is 4.99 Å². The first-order valence-electron chi connectivity index (χ1n) is 7.66. The molecule has 2 nitrogen and oxygen atoms in total. The highest BCUT2D eigenvalue weighted by molar-refractivity contribution is 5.89. The lowest BCUT2D eigenvalue weighted by atomic mass is 9.91. The van der Waals surface area contributed by atoms with Gasteiger partial charge >= 0.3 is 0 Å². The van der Waals surface area contributed by atoms with Gasteiger partial charge in [0.1, 0.15) is 0 Å². The zero-order valence-corrected chi connectivity index (χ0v) is 13.1. The molecule has 0 saturated heterocycles. The minimum absolute atomic E-state index is 0.0254. The molecule has 0 aromatic heterocycles. The van der Waals surface area contributed by atoms with Crippen molar-refractivity contribution in [3.05, 3.63) is 102 Å². The van der Waals surface area contributed by atoms with Gasteiger partial charge in [-0.3, -0.25) is 0 Å². The van der Waals surface area contributed by atoms with E-state index in [9.17, 15) is 0 Å². The average Bonchev–Trinajstić information content (AvgIpc) is 2.64. The first-order chi connectivity index (χ1) is 11.4. The molecule has 23 heavy (non-hydrogen) atoms. The molecule has 3 aromatic carbocycles. The summed E-state index contributed by atoms with van der Waals surface area (Å²) >= 11 is 0. The summed E-state index contributed by atoms with van der Waals surface area (Å²) in [4.78, 5) is 4.72. The normalized spacial score (nSPS) is 11.5. The lowest BCUT2D eigenvalue weighted by molar-refractivity contribution is 0.388. The van der Waals surface area contributed by atoms with E-state index in [2.05, 4.69) is 24.3 Å². The maximum atomic E-state index is 5.68. The largest absolute Gasteiger partial charge is 0.483 e. The van der Waals surface area contributed by atoms with E-state index in [1.165, 1.54) is 0 Å². The van der Waals surface area contributed by atoms with Gasteiger partial charge in [-0.05, 0) is 23.3 Å². The van der Waals surface area contributed by atoms with Crippen LogP contribution < -0.4 is 0 Å². The van der Waals surface area contributed by atoms with Crippen molar-refractivity contribution in [1.82, 2.24) is 0 Å². The number of methoxy groups -OCH3 is 1. The zero-order chi connectivity index (χ0) is 15.9. The van der Waals surface area contributed by atoms with Crippen LogP contribution in [0.25, 0.3) is 0 Å². The molecule has 0 saturated carbocycles. The fourth-order valence-corrected chi connectivity index (χ4v) is 2.63. The third-order valence-corrected chi connectivity index (χ3v) is 3.72. The Morgan fingerprint density at radius 2 is 1.13 bits per heavy atom. The molecule has 0 atom stereocenters. The van der Waals surface area contributed by atoms with Gasteiger partial charge in [-0.25, -0.2) is 4.99 Å². The predicted octanol–water partition coefficient (Wildman–Crippen LogP) is 5.20. The molecule has 0 heterocycles. The molecule has 3 aromatic rings.